The second-order valence-corrected chi connectivity index (χ2v) is 11.0. The van der Waals surface area contributed by atoms with Gasteiger partial charge in [0.1, 0.15) is 0 Å². The van der Waals surface area contributed by atoms with Crippen molar-refractivity contribution in [2.24, 2.45) is 40.9 Å². The van der Waals surface area contributed by atoms with E-state index in [1.165, 1.54) is 32.1 Å². The van der Waals surface area contributed by atoms with Gasteiger partial charge in [-0.3, -0.25) is 9.48 Å². The SMILES string of the molecule is CCC(C)(O)C[C@@H]1CC[C@@H]2[C@H](CC[C@]3(C)[C@@H](C(=O)Cn4cccn4)CC[C@@H]23)[C@H]1C. The lowest BCUT2D eigenvalue weighted by Crippen LogP contribution is -2.48. The molecule has 1 aromatic heterocycles. The maximum absolute atomic E-state index is 13.2. The molecule has 3 aliphatic rings. The van der Waals surface area contributed by atoms with Crippen LogP contribution in [-0.4, -0.2) is 26.3 Å². The van der Waals surface area contributed by atoms with Gasteiger partial charge >= 0.3 is 0 Å². The van der Waals surface area contributed by atoms with E-state index in [4.69, 9.17) is 0 Å². The molecule has 4 heteroatoms. The highest BCUT2D eigenvalue weighted by Gasteiger charge is 2.57. The molecule has 0 aliphatic heterocycles. The summed E-state index contributed by atoms with van der Waals surface area (Å²) in [4.78, 5) is 13.2. The van der Waals surface area contributed by atoms with Gasteiger partial charge in [0, 0.05) is 18.3 Å². The van der Waals surface area contributed by atoms with Gasteiger partial charge in [0.2, 0.25) is 0 Å². The summed E-state index contributed by atoms with van der Waals surface area (Å²) in [6.07, 6.45) is 12.7. The van der Waals surface area contributed by atoms with Gasteiger partial charge in [-0.05, 0) is 99.4 Å². The summed E-state index contributed by atoms with van der Waals surface area (Å²) in [7, 11) is 0. The Morgan fingerprint density at radius 2 is 2.03 bits per heavy atom. The average molecular weight is 401 g/mol. The van der Waals surface area contributed by atoms with Crippen molar-refractivity contribution in [3.8, 4) is 0 Å². The molecule has 0 amide bonds. The first-order chi connectivity index (χ1) is 13.7. The lowest BCUT2D eigenvalue weighted by Gasteiger charge is -2.54. The number of fused-ring (bicyclic) bond motifs is 3. The van der Waals surface area contributed by atoms with E-state index >= 15 is 0 Å². The maximum atomic E-state index is 13.2. The lowest BCUT2D eigenvalue weighted by molar-refractivity contribution is -0.131. The van der Waals surface area contributed by atoms with Crippen molar-refractivity contribution in [1.82, 2.24) is 9.78 Å². The van der Waals surface area contributed by atoms with E-state index < -0.39 is 5.60 Å². The highest BCUT2D eigenvalue weighted by atomic mass is 16.3. The first kappa shape index (κ1) is 21.1. The predicted molar refractivity (Wildman–Crippen MR) is 115 cm³/mol. The van der Waals surface area contributed by atoms with Gasteiger partial charge in [-0.15, -0.1) is 0 Å². The third-order valence-electron chi connectivity index (χ3n) is 9.51. The Bertz CT molecular complexity index is 712. The third kappa shape index (κ3) is 3.82. The van der Waals surface area contributed by atoms with Gasteiger partial charge in [0.05, 0.1) is 12.1 Å². The van der Waals surface area contributed by atoms with Crippen LogP contribution in [0.4, 0.5) is 0 Å². The number of rotatable bonds is 6. The molecule has 8 atom stereocenters. The van der Waals surface area contributed by atoms with Crippen LogP contribution in [0.5, 0.6) is 0 Å². The van der Waals surface area contributed by atoms with E-state index in [1.807, 2.05) is 19.2 Å². The fourth-order valence-corrected chi connectivity index (χ4v) is 7.59. The minimum atomic E-state index is -0.522. The van der Waals surface area contributed by atoms with Crippen LogP contribution in [0.1, 0.15) is 79.1 Å². The van der Waals surface area contributed by atoms with Crippen molar-refractivity contribution in [3.63, 3.8) is 0 Å². The summed E-state index contributed by atoms with van der Waals surface area (Å²) in [5.41, 5.74) is -0.348. The molecule has 3 fully saturated rings. The van der Waals surface area contributed by atoms with Crippen molar-refractivity contribution in [2.75, 3.05) is 0 Å². The smallest absolute Gasteiger partial charge is 0.157 e. The second kappa shape index (κ2) is 7.83. The first-order valence-electron chi connectivity index (χ1n) is 12.0. The van der Waals surface area contributed by atoms with Crippen LogP contribution in [0, 0.1) is 40.9 Å². The Morgan fingerprint density at radius 3 is 2.72 bits per heavy atom. The second-order valence-electron chi connectivity index (χ2n) is 11.0. The topological polar surface area (TPSA) is 55.1 Å². The number of ketones is 1. The largest absolute Gasteiger partial charge is 0.390 e. The number of Topliss-reactive ketones (excluding diaryl/α,β-unsaturated/α-hetero) is 1. The number of hydrogen-bond acceptors (Lipinski definition) is 3. The summed E-state index contributed by atoms with van der Waals surface area (Å²) in [5, 5.41) is 14.9. The number of hydrogen-bond donors (Lipinski definition) is 1. The number of carbonyl (C=O) groups is 1. The third-order valence-corrected chi connectivity index (χ3v) is 9.51. The van der Waals surface area contributed by atoms with E-state index in [0.29, 0.717) is 30.1 Å². The van der Waals surface area contributed by atoms with Crippen LogP contribution in [0.15, 0.2) is 18.5 Å². The summed E-state index contributed by atoms with van der Waals surface area (Å²) in [6.45, 7) is 9.41. The van der Waals surface area contributed by atoms with Crippen LogP contribution in [0.2, 0.25) is 0 Å². The molecule has 3 saturated carbocycles. The molecule has 162 valence electrons. The molecular weight excluding hydrogens is 360 g/mol. The Labute approximate surface area is 176 Å². The van der Waals surface area contributed by atoms with Crippen molar-refractivity contribution in [1.29, 1.82) is 0 Å². The average Bonchev–Trinajstić information content (AvgIpc) is 3.31. The van der Waals surface area contributed by atoms with Gasteiger partial charge in [-0.1, -0.05) is 20.8 Å². The van der Waals surface area contributed by atoms with Gasteiger partial charge in [-0.2, -0.15) is 5.10 Å². The van der Waals surface area contributed by atoms with Crippen LogP contribution in [0.3, 0.4) is 0 Å². The molecule has 1 heterocycles. The van der Waals surface area contributed by atoms with E-state index in [-0.39, 0.29) is 11.3 Å². The molecule has 29 heavy (non-hydrogen) atoms. The molecule has 4 nitrogen and oxygen atoms in total. The standard InChI is InChI=1S/C25H40N2O2/c1-5-24(3,29)15-18-7-8-20-19(17(18)2)11-12-25(4)21(20)9-10-22(25)23(28)16-27-14-6-13-26-27/h6,13-14,17-22,29H,5,7-12,15-16H2,1-4H3/t17-,18-,19+,20+,21-,22+,24?,25-/m0/s1. The summed E-state index contributed by atoms with van der Waals surface area (Å²) in [5.74, 6) is 4.17. The first-order valence-corrected chi connectivity index (χ1v) is 12.0. The Morgan fingerprint density at radius 1 is 1.24 bits per heavy atom. The van der Waals surface area contributed by atoms with Gasteiger partial charge < -0.3 is 5.11 Å². The highest BCUT2D eigenvalue weighted by molar-refractivity contribution is 5.82. The summed E-state index contributed by atoms with van der Waals surface area (Å²) in [6, 6.07) is 1.90. The van der Waals surface area contributed by atoms with Crippen molar-refractivity contribution >= 4 is 5.78 Å². The minimum Gasteiger partial charge on any atom is -0.390 e. The van der Waals surface area contributed by atoms with Crippen molar-refractivity contribution in [3.05, 3.63) is 18.5 Å². The summed E-state index contributed by atoms with van der Waals surface area (Å²) < 4.78 is 1.79. The quantitative estimate of drug-likeness (QED) is 0.722. The predicted octanol–water partition coefficient (Wildman–Crippen LogP) is 5.11. The molecule has 3 aliphatic carbocycles. The van der Waals surface area contributed by atoms with Crippen molar-refractivity contribution in [2.45, 2.75) is 91.2 Å². The molecule has 1 unspecified atom stereocenters. The normalized spacial score (nSPS) is 41.4. The molecule has 0 radical (unpaired) electrons. The maximum Gasteiger partial charge on any atom is 0.157 e. The molecule has 1 N–H and O–H groups in total. The summed E-state index contributed by atoms with van der Waals surface area (Å²) >= 11 is 0. The van der Waals surface area contributed by atoms with Gasteiger partial charge in [0.25, 0.3) is 0 Å². The minimum absolute atomic E-state index is 0.173. The zero-order chi connectivity index (χ0) is 20.8. The fourth-order valence-electron chi connectivity index (χ4n) is 7.59. The van der Waals surface area contributed by atoms with E-state index in [1.54, 1.807) is 10.9 Å². The molecule has 0 bridgehead atoms. The van der Waals surface area contributed by atoms with Crippen molar-refractivity contribution < 1.29 is 9.90 Å². The Hall–Kier alpha value is -1.16. The molecular formula is C25H40N2O2. The Kier molecular flexibility index (Phi) is 5.69. The number of carbonyl (C=O) groups excluding carboxylic acids is 1. The number of aliphatic hydroxyl groups is 1. The lowest BCUT2D eigenvalue weighted by atomic mass is 9.51. The van der Waals surface area contributed by atoms with E-state index in [9.17, 15) is 9.90 Å². The molecule has 1 aromatic rings. The Balaban J connectivity index is 1.46. The number of nitrogens with zero attached hydrogens (tertiary/aromatic N) is 2. The van der Waals surface area contributed by atoms with E-state index in [2.05, 4.69) is 25.9 Å². The van der Waals surface area contributed by atoms with Crippen LogP contribution in [-0.2, 0) is 11.3 Å². The van der Waals surface area contributed by atoms with E-state index in [0.717, 1.165) is 31.1 Å². The van der Waals surface area contributed by atoms with Gasteiger partial charge in [0.15, 0.2) is 5.78 Å². The van der Waals surface area contributed by atoms with Gasteiger partial charge in [-0.25, -0.2) is 0 Å². The van der Waals surface area contributed by atoms with Crippen LogP contribution in [0.25, 0.3) is 0 Å². The van der Waals surface area contributed by atoms with Crippen LogP contribution < -0.4 is 0 Å². The molecule has 0 saturated heterocycles. The fraction of sp³-hybridized carbons (Fsp3) is 0.840. The zero-order valence-electron chi connectivity index (χ0n) is 18.8. The molecule has 4 rings (SSSR count). The van der Waals surface area contributed by atoms with Crippen LogP contribution >= 0.6 is 0 Å². The number of aromatic nitrogens is 2. The monoisotopic (exact) mass is 400 g/mol. The molecule has 0 aromatic carbocycles. The highest BCUT2D eigenvalue weighted by Crippen LogP contribution is 2.63. The zero-order valence-corrected chi connectivity index (χ0v) is 18.8. The molecule has 0 spiro atoms.